The summed E-state index contributed by atoms with van der Waals surface area (Å²) in [5, 5.41) is 10.3. The zero-order chi connectivity index (χ0) is 15.8. The van der Waals surface area contributed by atoms with Crippen LogP contribution in [0, 0.1) is 5.92 Å². The van der Waals surface area contributed by atoms with Gasteiger partial charge in [0.1, 0.15) is 5.01 Å². The summed E-state index contributed by atoms with van der Waals surface area (Å²) in [5.41, 5.74) is 3.23. The topological polar surface area (TPSA) is 50.2 Å². The minimum Gasteiger partial charge on any atom is -0.481 e. The van der Waals surface area contributed by atoms with Gasteiger partial charge in [0.2, 0.25) is 0 Å². The first-order valence-corrected chi connectivity index (χ1v) is 8.70. The lowest BCUT2D eigenvalue weighted by Gasteiger charge is -2.17. The average Bonchev–Trinajstić information content (AvgIpc) is 3.30. The van der Waals surface area contributed by atoms with Crippen LogP contribution in [0.2, 0.25) is 0 Å². The van der Waals surface area contributed by atoms with Gasteiger partial charge in [-0.3, -0.25) is 4.79 Å². The molecule has 116 valence electrons. The third-order valence-corrected chi connectivity index (χ3v) is 5.54. The predicted octanol–water partition coefficient (Wildman–Crippen LogP) is 4.93. The van der Waals surface area contributed by atoms with Crippen LogP contribution in [0.25, 0.3) is 20.8 Å². The third kappa shape index (κ3) is 2.86. The summed E-state index contributed by atoms with van der Waals surface area (Å²) in [6, 6.07) is 16.3. The Balaban J connectivity index is 1.81. The number of aromatic nitrogens is 1. The number of hydrogen-bond donors (Lipinski definition) is 1. The van der Waals surface area contributed by atoms with Crippen molar-refractivity contribution >= 4 is 27.5 Å². The van der Waals surface area contributed by atoms with Crippen LogP contribution in [0.3, 0.4) is 0 Å². The SMILES string of the molecule is O=C(O)CC(c1ccccc1-c1nc2ccccc2s1)C1CC1. The van der Waals surface area contributed by atoms with Crippen LogP contribution in [0.4, 0.5) is 0 Å². The minimum absolute atomic E-state index is 0.0933. The fourth-order valence-corrected chi connectivity index (χ4v) is 4.23. The Morgan fingerprint density at radius 2 is 1.91 bits per heavy atom. The number of benzene rings is 2. The highest BCUT2D eigenvalue weighted by Crippen LogP contribution is 2.47. The molecule has 1 aromatic heterocycles. The molecule has 1 fully saturated rings. The molecule has 2 aromatic carbocycles. The van der Waals surface area contributed by atoms with Crippen LogP contribution >= 0.6 is 11.3 Å². The molecule has 0 amide bonds. The second kappa shape index (κ2) is 5.78. The van der Waals surface area contributed by atoms with Crippen molar-refractivity contribution in [3.05, 3.63) is 54.1 Å². The zero-order valence-electron chi connectivity index (χ0n) is 12.6. The van der Waals surface area contributed by atoms with Crippen molar-refractivity contribution in [2.45, 2.75) is 25.2 Å². The quantitative estimate of drug-likeness (QED) is 0.724. The largest absolute Gasteiger partial charge is 0.481 e. The fraction of sp³-hybridized carbons (Fsp3) is 0.263. The Morgan fingerprint density at radius 3 is 2.65 bits per heavy atom. The highest BCUT2D eigenvalue weighted by atomic mass is 32.1. The molecule has 1 N–H and O–H groups in total. The van der Waals surface area contributed by atoms with Gasteiger partial charge in [0.25, 0.3) is 0 Å². The van der Waals surface area contributed by atoms with Crippen LogP contribution in [-0.4, -0.2) is 16.1 Å². The highest BCUT2D eigenvalue weighted by molar-refractivity contribution is 7.21. The number of carboxylic acid groups (broad SMARTS) is 1. The van der Waals surface area contributed by atoms with Crippen LogP contribution in [0.15, 0.2) is 48.5 Å². The molecule has 0 bridgehead atoms. The number of thiazole rings is 1. The van der Waals surface area contributed by atoms with E-state index in [0.717, 1.165) is 34.5 Å². The molecule has 3 aromatic rings. The Kier molecular flexibility index (Phi) is 3.62. The molecule has 0 saturated heterocycles. The van der Waals surface area contributed by atoms with E-state index in [-0.39, 0.29) is 12.3 Å². The fourth-order valence-electron chi connectivity index (χ4n) is 3.22. The Labute approximate surface area is 138 Å². The number of carboxylic acids is 1. The normalized spacial score (nSPS) is 15.7. The number of fused-ring (bicyclic) bond motifs is 1. The average molecular weight is 323 g/mol. The summed E-state index contributed by atoms with van der Waals surface area (Å²) in [4.78, 5) is 16.0. The first-order chi connectivity index (χ1) is 11.2. The van der Waals surface area contributed by atoms with E-state index < -0.39 is 5.97 Å². The van der Waals surface area contributed by atoms with Crippen molar-refractivity contribution in [2.75, 3.05) is 0 Å². The lowest BCUT2D eigenvalue weighted by atomic mass is 9.88. The number of rotatable bonds is 5. The molecule has 1 heterocycles. The Bertz CT molecular complexity index is 833. The van der Waals surface area contributed by atoms with Gasteiger partial charge in [-0.25, -0.2) is 4.98 Å². The number of para-hydroxylation sites is 1. The Hall–Kier alpha value is -2.20. The number of nitrogens with zero attached hydrogens (tertiary/aromatic N) is 1. The molecule has 1 atom stereocenters. The number of carbonyl (C=O) groups is 1. The first kappa shape index (κ1) is 14.4. The van der Waals surface area contributed by atoms with Crippen LogP contribution in [0.1, 0.15) is 30.7 Å². The highest BCUT2D eigenvalue weighted by Gasteiger charge is 2.35. The molecule has 4 heteroatoms. The summed E-state index contributed by atoms with van der Waals surface area (Å²) in [6.45, 7) is 0. The molecule has 3 nitrogen and oxygen atoms in total. The van der Waals surface area contributed by atoms with Gasteiger partial charge in [-0.2, -0.15) is 0 Å². The molecule has 1 unspecified atom stereocenters. The lowest BCUT2D eigenvalue weighted by molar-refractivity contribution is -0.137. The van der Waals surface area contributed by atoms with Gasteiger partial charge in [0, 0.05) is 5.56 Å². The van der Waals surface area contributed by atoms with Gasteiger partial charge in [-0.05, 0) is 42.4 Å². The van der Waals surface area contributed by atoms with E-state index in [4.69, 9.17) is 4.98 Å². The molecule has 4 rings (SSSR count). The molecule has 0 spiro atoms. The monoisotopic (exact) mass is 323 g/mol. The Morgan fingerprint density at radius 1 is 1.17 bits per heavy atom. The van der Waals surface area contributed by atoms with E-state index in [1.165, 1.54) is 4.70 Å². The summed E-state index contributed by atoms with van der Waals surface area (Å²) in [6.07, 6.45) is 2.46. The second-order valence-electron chi connectivity index (χ2n) is 6.12. The van der Waals surface area contributed by atoms with Gasteiger partial charge in [-0.15, -0.1) is 11.3 Å². The van der Waals surface area contributed by atoms with Crippen molar-refractivity contribution in [2.24, 2.45) is 5.92 Å². The predicted molar refractivity (Wildman–Crippen MR) is 92.8 cm³/mol. The van der Waals surface area contributed by atoms with Crippen molar-refractivity contribution in [1.82, 2.24) is 4.98 Å². The van der Waals surface area contributed by atoms with Crippen LogP contribution in [-0.2, 0) is 4.79 Å². The minimum atomic E-state index is -0.721. The van der Waals surface area contributed by atoms with Crippen LogP contribution in [0.5, 0.6) is 0 Å². The molecule has 0 radical (unpaired) electrons. The van der Waals surface area contributed by atoms with E-state index in [2.05, 4.69) is 18.2 Å². The van der Waals surface area contributed by atoms with E-state index in [1.807, 2.05) is 30.3 Å². The smallest absolute Gasteiger partial charge is 0.303 e. The number of aliphatic carboxylic acids is 1. The van der Waals surface area contributed by atoms with Gasteiger partial charge >= 0.3 is 5.97 Å². The molecule has 1 aliphatic rings. The van der Waals surface area contributed by atoms with Crippen molar-refractivity contribution in [3.63, 3.8) is 0 Å². The summed E-state index contributed by atoms with van der Waals surface area (Å²) >= 11 is 1.67. The van der Waals surface area contributed by atoms with Crippen molar-refractivity contribution in [3.8, 4) is 10.6 Å². The maximum absolute atomic E-state index is 11.3. The number of hydrogen-bond acceptors (Lipinski definition) is 3. The molecule has 23 heavy (non-hydrogen) atoms. The third-order valence-electron chi connectivity index (χ3n) is 4.47. The molecule has 0 aliphatic heterocycles. The van der Waals surface area contributed by atoms with Gasteiger partial charge in [-0.1, -0.05) is 36.4 Å². The molecular weight excluding hydrogens is 306 g/mol. The maximum Gasteiger partial charge on any atom is 0.303 e. The van der Waals surface area contributed by atoms with Crippen LogP contribution < -0.4 is 0 Å². The van der Waals surface area contributed by atoms with E-state index in [1.54, 1.807) is 11.3 Å². The second-order valence-corrected chi connectivity index (χ2v) is 7.15. The summed E-state index contributed by atoms with van der Waals surface area (Å²) in [7, 11) is 0. The molecule has 1 aliphatic carbocycles. The van der Waals surface area contributed by atoms with Gasteiger partial charge in [0.15, 0.2) is 0 Å². The van der Waals surface area contributed by atoms with Gasteiger partial charge < -0.3 is 5.11 Å². The maximum atomic E-state index is 11.3. The zero-order valence-corrected chi connectivity index (χ0v) is 13.4. The molecular formula is C19H17NO2S. The molecule has 1 saturated carbocycles. The van der Waals surface area contributed by atoms with Gasteiger partial charge in [0.05, 0.1) is 16.6 Å². The van der Waals surface area contributed by atoms with E-state index >= 15 is 0 Å². The summed E-state index contributed by atoms with van der Waals surface area (Å²) < 4.78 is 1.17. The first-order valence-electron chi connectivity index (χ1n) is 7.89. The summed E-state index contributed by atoms with van der Waals surface area (Å²) in [5.74, 6) is -0.127. The van der Waals surface area contributed by atoms with E-state index in [9.17, 15) is 9.90 Å². The lowest BCUT2D eigenvalue weighted by Crippen LogP contribution is -2.09. The standard InChI is InChI=1S/C19H17NO2S/c21-18(22)11-15(12-9-10-12)13-5-1-2-6-14(13)19-20-16-7-3-4-8-17(16)23-19/h1-8,12,15H,9-11H2,(H,21,22). The van der Waals surface area contributed by atoms with Crippen molar-refractivity contribution < 1.29 is 9.90 Å². The van der Waals surface area contributed by atoms with Crippen molar-refractivity contribution in [1.29, 1.82) is 0 Å². The van der Waals surface area contributed by atoms with E-state index in [0.29, 0.717) is 5.92 Å².